The van der Waals surface area contributed by atoms with Gasteiger partial charge in [-0.05, 0) is 24.1 Å². The van der Waals surface area contributed by atoms with E-state index >= 15 is 0 Å². The molecule has 0 radical (unpaired) electrons. The Balaban J connectivity index is 2.12. The van der Waals surface area contributed by atoms with Crippen LogP contribution in [0.2, 0.25) is 0 Å². The molecule has 0 saturated carbocycles. The lowest BCUT2D eigenvalue weighted by Gasteiger charge is -2.12. The summed E-state index contributed by atoms with van der Waals surface area (Å²) in [5, 5.41) is 16.4. The molecule has 3 aromatic rings. The second-order valence-electron chi connectivity index (χ2n) is 6.27. The zero-order chi connectivity index (χ0) is 20.4. The Bertz CT molecular complexity index is 1060. The monoisotopic (exact) mass is 387 g/mol. The van der Waals surface area contributed by atoms with Crippen LogP contribution in [0.4, 0.5) is 15.9 Å². The van der Waals surface area contributed by atoms with Crippen LogP contribution in [0.25, 0.3) is 5.52 Å². The van der Waals surface area contributed by atoms with E-state index in [0.717, 1.165) is 6.07 Å². The number of carbonyl (C=O) groups is 2. The van der Waals surface area contributed by atoms with Crippen molar-refractivity contribution in [3.8, 4) is 0 Å². The molecule has 0 spiro atoms. The van der Waals surface area contributed by atoms with Crippen LogP contribution in [0, 0.1) is 5.82 Å². The van der Waals surface area contributed by atoms with Gasteiger partial charge in [0.05, 0.1) is 18.4 Å². The van der Waals surface area contributed by atoms with Crippen molar-refractivity contribution in [2.24, 2.45) is 0 Å². The van der Waals surface area contributed by atoms with E-state index in [0.29, 0.717) is 11.1 Å². The van der Waals surface area contributed by atoms with E-state index < -0.39 is 17.7 Å². The van der Waals surface area contributed by atoms with E-state index in [4.69, 9.17) is 0 Å². The topological polar surface area (TPSA) is 118 Å². The Hall–Kier alpha value is -3.53. The molecule has 0 fully saturated rings. The number of hydrogen-bond donors (Lipinski definition) is 3. The van der Waals surface area contributed by atoms with Gasteiger partial charge in [-0.25, -0.2) is 24.2 Å². The number of carbonyl (C=O) groups excluding carboxylic acids is 1. The molecule has 0 saturated heterocycles. The van der Waals surface area contributed by atoms with Crippen molar-refractivity contribution in [2.75, 3.05) is 12.4 Å². The minimum Gasteiger partial charge on any atom is -0.478 e. The molecule has 1 aromatic carbocycles. The van der Waals surface area contributed by atoms with E-state index in [1.807, 2.05) is 13.8 Å². The molecular formula is C18H18FN5O4. The second kappa shape index (κ2) is 7.61. The van der Waals surface area contributed by atoms with Crippen molar-refractivity contribution in [1.29, 1.82) is 0 Å². The van der Waals surface area contributed by atoms with Gasteiger partial charge in [-0.1, -0.05) is 13.8 Å². The molecule has 0 atom stereocenters. The van der Waals surface area contributed by atoms with E-state index in [1.54, 1.807) is 0 Å². The molecule has 0 bridgehead atoms. The first kappa shape index (κ1) is 19.2. The van der Waals surface area contributed by atoms with E-state index in [1.165, 1.54) is 36.3 Å². The Morgan fingerprint density at radius 1 is 1.32 bits per heavy atom. The SMILES string of the molecule is CONC(=O)c1ccc(F)c(Nc2ncnn3cc(C(=O)O)c(C(C)C)c23)c1. The summed E-state index contributed by atoms with van der Waals surface area (Å²) in [4.78, 5) is 32.2. The summed E-state index contributed by atoms with van der Waals surface area (Å²) in [5.41, 5.74) is 3.35. The third-order valence-electron chi connectivity index (χ3n) is 4.10. The lowest BCUT2D eigenvalue weighted by molar-refractivity contribution is 0.0537. The number of aromatic nitrogens is 3. The Morgan fingerprint density at radius 3 is 2.71 bits per heavy atom. The molecule has 9 nitrogen and oxygen atoms in total. The van der Waals surface area contributed by atoms with Crippen LogP contribution in [-0.4, -0.2) is 38.7 Å². The highest BCUT2D eigenvalue weighted by molar-refractivity contribution is 5.96. The number of rotatable bonds is 6. The predicted molar refractivity (Wildman–Crippen MR) is 98.2 cm³/mol. The fourth-order valence-corrected chi connectivity index (χ4v) is 2.92. The van der Waals surface area contributed by atoms with Crippen LogP contribution in [0.1, 0.15) is 46.0 Å². The molecule has 3 rings (SSSR count). The van der Waals surface area contributed by atoms with Gasteiger partial charge in [0.15, 0.2) is 5.82 Å². The van der Waals surface area contributed by atoms with Gasteiger partial charge >= 0.3 is 5.97 Å². The van der Waals surface area contributed by atoms with E-state index in [2.05, 4.69) is 25.7 Å². The van der Waals surface area contributed by atoms with Gasteiger partial charge < -0.3 is 10.4 Å². The first-order chi connectivity index (χ1) is 13.3. The molecule has 2 heterocycles. The van der Waals surface area contributed by atoms with Crippen molar-refractivity contribution < 1.29 is 23.9 Å². The van der Waals surface area contributed by atoms with Crippen molar-refractivity contribution in [2.45, 2.75) is 19.8 Å². The molecule has 0 aliphatic heterocycles. The highest BCUT2D eigenvalue weighted by Crippen LogP contribution is 2.32. The van der Waals surface area contributed by atoms with E-state index in [9.17, 15) is 19.1 Å². The lowest BCUT2D eigenvalue weighted by Crippen LogP contribution is -2.21. The number of anilines is 2. The predicted octanol–water partition coefficient (Wildman–Crippen LogP) is 2.72. The number of nitrogens with one attached hydrogen (secondary N) is 2. The van der Waals surface area contributed by atoms with Crippen LogP contribution >= 0.6 is 0 Å². The Morgan fingerprint density at radius 2 is 2.07 bits per heavy atom. The summed E-state index contributed by atoms with van der Waals surface area (Å²) < 4.78 is 15.7. The number of hydroxylamine groups is 1. The number of amides is 1. The summed E-state index contributed by atoms with van der Waals surface area (Å²) in [6, 6.07) is 3.75. The number of carboxylic acid groups (broad SMARTS) is 1. The normalized spacial score (nSPS) is 11.0. The number of nitrogens with zero attached hydrogens (tertiary/aromatic N) is 3. The molecule has 3 N–H and O–H groups in total. The summed E-state index contributed by atoms with van der Waals surface area (Å²) in [5.74, 6) is -2.18. The molecule has 146 valence electrons. The third kappa shape index (κ3) is 3.49. The van der Waals surface area contributed by atoms with Crippen LogP contribution in [-0.2, 0) is 4.84 Å². The number of carboxylic acids is 1. The molecule has 2 aromatic heterocycles. The summed E-state index contributed by atoms with van der Waals surface area (Å²) in [7, 11) is 1.29. The molecule has 0 aliphatic carbocycles. The smallest absolute Gasteiger partial charge is 0.337 e. The highest BCUT2D eigenvalue weighted by Gasteiger charge is 2.23. The Labute approximate surface area is 159 Å². The fraction of sp³-hybridized carbons (Fsp3) is 0.222. The minimum absolute atomic E-state index is 0.00265. The molecular weight excluding hydrogens is 369 g/mol. The highest BCUT2D eigenvalue weighted by atomic mass is 19.1. The molecule has 0 aliphatic rings. The average molecular weight is 387 g/mol. The van der Waals surface area contributed by atoms with Crippen LogP contribution in [0.15, 0.2) is 30.7 Å². The van der Waals surface area contributed by atoms with Gasteiger partial charge in [0.25, 0.3) is 5.91 Å². The first-order valence-corrected chi connectivity index (χ1v) is 8.33. The number of benzene rings is 1. The van der Waals surface area contributed by atoms with Crippen molar-refractivity contribution in [3.05, 3.63) is 53.2 Å². The maximum absolute atomic E-state index is 14.3. The third-order valence-corrected chi connectivity index (χ3v) is 4.10. The van der Waals surface area contributed by atoms with E-state index in [-0.39, 0.29) is 28.6 Å². The molecule has 1 amide bonds. The fourth-order valence-electron chi connectivity index (χ4n) is 2.92. The molecule has 0 unspecified atom stereocenters. The number of fused-ring (bicyclic) bond motifs is 1. The van der Waals surface area contributed by atoms with Crippen LogP contribution < -0.4 is 10.8 Å². The summed E-state index contributed by atoms with van der Waals surface area (Å²) in [6.45, 7) is 3.68. The Kier molecular flexibility index (Phi) is 5.23. The van der Waals surface area contributed by atoms with Crippen molar-refractivity contribution >= 4 is 28.9 Å². The van der Waals surface area contributed by atoms with Gasteiger partial charge in [-0.3, -0.25) is 9.63 Å². The average Bonchev–Trinajstić information content (AvgIpc) is 3.05. The number of halogens is 1. The van der Waals surface area contributed by atoms with Gasteiger partial charge in [0.2, 0.25) is 0 Å². The summed E-state index contributed by atoms with van der Waals surface area (Å²) >= 11 is 0. The quantitative estimate of drug-likeness (QED) is 0.557. The number of hydrogen-bond acceptors (Lipinski definition) is 6. The van der Waals surface area contributed by atoms with Gasteiger partial charge in [-0.15, -0.1) is 0 Å². The van der Waals surface area contributed by atoms with Gasteiger partial charge in [-0.2, -0.15) is 5.10 Å². The van der Waals surface area contributed by atoms with Gasteiger partial charge in [0.1, 0.15) is 17.7 Å². The zero-order valence-electron chi connectivity index (χ0n) is 15.4. The van der Waals surface area contributed by atoms with Crippen molar-refractivity contribution in [3.63, 3.8) is 0 Å². The first-order valence-electron chi connectivity index (χ1n) is 8.33. The van der Waals surface area contributed by atoms with Crippen LogP contribution in [0.5, 0.6) is 0 Å². The summed E-state index contributed by atoms with van der Waals surface area (Å²) in [6.07, 6.45) is 2.61. The van der Waals surface area contributed by atoms with Crippen molar-refractivity contribution in [1.82, 2.24) is 20.1 Å². The molecule has 10 heteroatoms. The zero-order valence-corrected chi connectivity index (χ0v) is 15.4. The maximum Gasteiger partial charge on any atom is 0.337 e. The van der Waals surface area contributed by atoms with Gasteiger partial charge in [0, 0.05) is 17.3 Å². The maximum atomic E-state index is 14.3. The second-order valence-corrected chi connectivity index (χ2v) is 6.27. The largest absolute Gasteiger partial charge is 0.478 e. The standard InChI is InChI=1S/C18H18FN5O4/c1-9(2)14-11(18(26)27)7-24-15(14)16(20-8-21-24)22-13-6-10(4-5-12(13)19)17(25)23-28-3/h4-9H,1-3H3,(H,23,25)(H,26,27)(H,20,21,22). The van der Waals surface area contributed by atoms with Crippen LogP contribution in [0.3, 0.4) is 0 Å². The number of aromatic carboxylic acids is 1. The minimum atomic E-state index is -1.09. The lowest BCUT2D eigenvalue weighted by atomic mass is 10.00. The molecule has 28 heavy (non-hydrogen) atoms.